The van der Waals surface area contributed by atoms with Gasteiger partial charge in [-0.15, -0.1) is 6.58 Å². The Morgan fingerprint density at radius 1 is 1.23 bits per heavy atom. The second-order valence-corrected chi connectivity index (χ2v) is 6.41. The predicted octanol–water partition coefficient (Wildman–Crippen LogP) is 6.41. The molecule has 1 N–H and O–H groups in total. The molecule has 0 radical (unpaired) electrons. The number of nitrogens with zero attached hydrogens (tertiary/aromatic N) is 1. The highest BCUT2D eigenvalue weighted by Gasteiger charge is 2.20. The Kier molecular flexibility index (Phi) is 10.4. The average Bonchev–Trinajstić information content (AvgIpc) is 2.67. The Balaban J connectivity index is 3.29. The summed E-state index contributed by atoms with van der Waals surface area (Å²) in [5.74, 6) is 0. The van der Waals surface area contributed by atoms with Crippen molar-refractivity contribution in [2.24, 2.45) is 0 Å². The van der Waals surface area contributed by atoms with Gasteiger partial charge in [-0.1, -0.05) is 75.8 Å². The smallest absolute Gasteiger partial charge is 0.153 e. The fourth-order valence-corrected chi connectivity index (χ4v) is 2.89. The van der Waals surface area contributed by atoms with Crippen LogP contribution in [-0.2, 0) is 6.42 Å². The van der Waals surface area contributed by atoms with Gasteiger partial charge in [-0.2, -0.15) is 0 Å². The molecule has 0 saturated carbocycles. The van der Waals surface area contributed by atoms with Crippen molar-refractivity contribution in [1.82, 2.24) is 4.90 Å². The van der Waals surface area contributed by atoms with E-state index in [4.69, 9.17) is 0 Å². The number of aryl methyl sites for hydroxylation is 1. The monoisotopic (exact) mass is 353 g/mol. The fourth-order valence-electron chi connectivity index (χ4n) is 2.89. The summed E-state index contributed by atoms with van der Waals surface area (Å²) in [5, 5.41) is 11.2. The van der Waals surface area contributed by atoms with Gasteiger partial charge in [-0.3, -0.25) is 0 Å². The molecule has 0 amide bonds. The molecule has 0 aliphatic heterocycles. The SMILES string of the molecule is C=CC/C=C(\C=C/CC)N(C)C(O)c1c(/C=C/CCC)cccc1CC. The molecule has 0 spiro atoms. The zero-order valence-corrected chi connectivity index (χ0v) is 16.9. The second-order valence-electron chi connectivity index (χ2n) is 6.41. The molecular weight excluding hydrogens is 318 g/mol. The first kappa shape index (κ1) is 22.0. The highest BCUT2D eigenvalue weighted by molar-refractivity contribution is 5.57. The summed E-state index contributed by atoms with van der Waals surface area (Å²) in [5.41, 5.74) is 4.29. The van der Waals surface area contributed by atoms with Crippen LogP contribution in [0, 0.1) is 0 Å². The molecule has 0 bridgehead atoms. The highest BCUT2D eigenvalue weighted by atomic mass is 16.3. The van der Waals surface area contributed by atoms with Gasteiger partial charge in [0.2, 0.25) is 0 Å². The van der Waals surface area contributed by atoms with E-state index in [2.05, 4.69) is 75.9 Å². The Bertz CT molecular complexity index is 640. The summed E-state index contributed by atoms with van der Waals surface area (Å²) in [6, 6.07) is 6.28. The minimum absolute atomic E-state index is 0.690. The number of unbranched alkanes of at least 4 members (excludes halogenated alkanes) is 1. The third kappa shape index (κ3) is 6.34. The maximum atomic E-state index is 11.2. The molecule has 1 aromatic rings. The summed E-state index contributed by atoms with van der Waals surface area (Å²) in [6.45, 7) is 10.2. The van der Waals surface area contributed by atoms with Crippen LogP contribution in [0.15, 0.2) is 60.9 Å². The predicted molar refractivity (Wildman–Crippen MR) is 115 cm³/mol. The van der Waals surface area contributed by atoms with Crippen molar-refractivity contribution in [3.05, 3.63) is 77.5 Å². The summed E-state index contributed by atoms with van der Waals surface area (Å²) in [6.07, 6.45) is 16.6. The number of hydrogen-bond donors (Lipinski definition) is 1. The normalized spacial score (nSPS) is 13.5. The van der Waals surface area contributed by atoms with Crippen LogP contribution in [0.25, 0.3) is 6.08 Å². The van der Waals surface area contributed by atoms with E-state index in [0.29, 0.717) is 0 Å². The van der Waals surface area contributed by atoms with E-state index >= 15 is 0 Å². The second kappa shape index (κ2) is 12.3. The van der Waals surface area contributed by atoms with E-state index in [9.17, 15) is 5.11 Å². The topological polar surface area (TPSA) is 23.5 Å². The quantitative estimate of drug-likeness (QED) is 0.282. The van der Waals surface area contributed by atoms with E-state index in [1.165, 1.54) is 5.56 Å². The van der Waals surface area contributed by atoms with Crippen molar-refractivity contribution in [2.75, 3.05) is 7.05 Å². The van der Waals surface area contributed by atoms with E-state index in [-0.39, 0.29) is 0 Å². The van der Waals surface area contributed by atoms with Gasteiger partial charge in [0, 0.05) is 18.3 Å². The van der Waals surface area contributed by atoms with E-state index < -0.39 is 6.23 Å². The molecular formula is C24H35NO. The van der Waals surface area contributed by atoms with Crippen LogP contribution in [0.5, 0.6) is 0 Å². The van der Waals surface area contributed by atoms with Gasteiger partial charge in [0.05, 0.1) is 0 Å². The van der Waals surface area contributed by atoms with Gasteiger partial charge in [0.25, 0.3) is 0 Å². The van der Waals surface area contributed by atoms with Crippen molar-refractivity contribution < 1.29 is 5.11 Å². The summed E-state index contributed by atoms with van der Waals surface area (Å²) < 4.78 is 0. The van der Waals surface area contributed by atoms with Crippen molar-refractivity contribution in [3.8, 4) is 0 Å². The van der Waals surface area contributed by atoms with E-state index in [0.717, 1.165) is 48.9 Å². The van der Waals surface area contributed by atoms with E-state index in [1.807, 2.05) is 18.0 Å². The molecule has 1 atom stereocenters. The lowest BCUT2D eigenvalue weighted by atomic mass is 9.96. The first-order chi connectivity index (χ1) is 12.6. The van der Waals surface area contributed by atoms with Crippen LogP contribution in [-0.4, -0.2) is 17.1 Å². The molecule has 0 heterocycles. The number of aliphatic hydroxyl groups excluding tert-OH is 1. The van der Waals surface area contributed by atoms with Gasteiger partial charge in [-0.25, -0.2) is 0 Å². The lowest BCUT2D eigenvalue weighted by Gasteiger charge is -2.30. The number of hydrogen-bond acceptors (Lipinski definition) is 2. The third-order valence-corrected chi connectivity index (χ3v) is 4.41. The van der Waals surface area contributed by atoms with Gasteiger partial charge < -0.3 is 10.0 Å². The van der Waals surface area contributed by atoms with Gasteiger partial charge in [-0.05, 0) is 42.9 Å². The lowest BCUT2D eigenvalue weighted by molar-refractivity contribution is 0.0467. The third-order valence-electron chi connectivity index (χ3n) is 4.41. The average molecular weight is 354 g/mol. The number of aliphatic hydroxyl groups is 1. The number of benzene rings is 1. The molecule has 2 nitrogen and oxygen atoms in total. The molecule has 0 aliphatic rings. The van der Waals surface area contributed by atoms with E-state index in [1.54, 1.807) is 0 Å². The lowest BCUT2D eigenvalue weighted by Crippen LogP contribution is -2.25. The molecule has 1 aromatic carbocycles. The van der Waals surface area contributed by atoms with Crippen LogP contribution in [0.2, 0.25) is 0 Å². The molecule has 142 valence electrons. The first-order valence-electron chi connectivity index (χ1n) is 9.77. The largest absolute Gasteiger partial charge is 0.369 e. The zero-order chi connectivity index (χ0) is 19.4. The van der Waals surface area contributed by atoms with Crippen LogP contribution in [0.3, 0.4) is 0 Å². The molecule has 0 aromatic heterocycles. The molecule has 0 fully saturated rings. The van der Waals surface area contributed by atoms with Gasteiger partial charge >= 0.3 is 0 Å². The highest BCUT2D eigenvalue weighted by Crippen LogP contribution is 2.29. The number of likely N-dealkylation sites (N-methyl/N-ethyl adjacent to an activating group) is 1. The summed E-state index contributed by atoms with van der Waals surface area (Å²) in [4.78, 5) is 1.95. The van der Waals surface area contributed by atoms with Gasteiger partial charge in [0.1, 0.15) is 0 Å². The van der Waals surface area contributed by atoms with Crippen molar-refractivity contribution >= 4 is 6.08 Å². The van der Waals surface area contributed by atoms with Gasteiger partial charge in [0.15, 0.2) is 6.23 Å². The Morgan fingerprint density at radius 2 is 2.00 bits per heavy atom. The van der Waals surface area contributed by atoms with Crippen molar-refractivity contribution in [1.29, 1.82) is 0 Å². The number of rotatable bonds is 11. The van der Waals surface area contributed by atoms with Crippen LogP contribution in [0.4, 0.5) is 0 Å². The molecule has 0 saturated heterocycles. The molecule has 1 unspecified atom stereocenters. The summed E-state index contributed by atoms with van der Waals surface area (Å²) >= 11 is 0. The maximum absolute atomic E-state index is 11.2. The standard InChI is InChI=1S/C24H35NO/c1-6-10-13-15-21-17-14-16-20(9-4)23(21)24(26)25(5)22(18-11-7-2)19-12-8-3/h7,12-19,24,26H,2,6,8-11H2,1,3-5H3/b15-13+,19-12-,22-18+. The zero-order valence-electron chi connectivity index (χ0n) is 16.9. The molecule has 2 heteroatoms. The van der Waals surface area contributed by atoms with Crippen LogP contribution < -0.4 is 0 Å². The number of allylic oxidation sites excluding steroid dienone is 5. The Hall–Kier alpha value is -2.06. The van der Waals surface area contributed by atoms with Crippen molar-refractivity contribution in [2.45, 2.75) is 59.1 Å². The Morgan fingerprint density at radius 3 is 2.62 bits per heavy atom. The van der Waals surface area contributed by atoms with Crippen LogP contribution in [0.1, 0.15) is 69.4 Å². The maximum Gasteiger partial charge on any atom is 0.153 e. The summed E-state index contributed by atoms with van der Waals surface area (Å²) in [7, 11) is 1.95. The van der Waals surface area contributed by atoms with Crippen molar-refractivity contribution in [3.63, 3.8) is 0 Å². The molecule has 0 aliphatic carbocycles. The minimum atomic E-state index is -0.690. The minimum Gasteiger partial charge on any atom is -0.369 e. The van der Waals surface area contributed by atoms with Crippen LogP contribution >= 0.6 is 0 Å². The first-order valence-corrected chi connectivity index (χ1v) is 9.77. The Labute approximate surface area is 160 Å². The molecule has 1 rings (SSSR count). The fraction of sp³-hybridized carbons (Fsp3) is 0.417. The molecule has 26 heavy (non-hydrogen) atoms.